The average Bonchev–Trinajstić information content (AvgIpc) is 2.54. The van der Waals surface area contributed by atoms with E-state index in [4.69, 9.17) is 0 Å². The largest absolute Gasteiger partial charge is 0.481 e. The van der Waals surface area contributed by atoms with Gasteiger partial charge in [0.25, 0.3) is 0 Å². The number of rotatable bonds is 5. The van der Waals surface area contributed by atoms with Gasteiger partial charge in [-0.3, -0.25) is 9.59 Å². The normalized spacial score (nSPS) is 22.5. The molecule has 24 heavy (non-hydrogen) atoms. The lowest BCUT2D eigenvalue weighted by atomic mass is 9.89. The number of hydrogen-bond acceptors (Lipinski definition) is 2. The maximum Gasteiger partial charge on any atom is 0.308 e. The second kappa shape index (κ2) is 7.82. The first kappa shape index (κ1) is 18.5. The first-order valence-corrected chi connectivity index (χ1v) is 8.88. The van der Waals surface area contributed by atoms with Crippen LogP contribution in [0.15, 0.2) is 24.3 Å². The Balaban J connectivity index is 1.98. The molecule has 1 amide bonds. The van der Waals surface area contributed by atoms with Gasteiger partial charge in [0.15, 0.2) is 0 Å². The molecule has 0 radical (unpaired) electrons. The fraction of sp³-hybridized carbons (Fsp3) is 0.600. The molecule has 0 aromatic heterocycles. The van der Waals surface area contributed by atoms with Crippen LogP contribution in [-0.4, -0.2) is 35.0 Å². The third-order valence-corrected chi connectivity index (χ3v) is 5.01. The van der Waals surface area contributed by atoms with E-state index < -0.39 is 11.9 Å². The molecule has 0 spiro atoms. The standard InChI is InChI=1S/C20H29NO3/c1-13(2)16-5-7-17(8-6-16)15(4)10-19(22)21-11-14(3)9-18(12-21)20(23)24/h5-8,13-15,18H,9-12H2,1-4H3,(H,23,24). The van der Waals surface area contributed by atoms with Crippen LogP contribution in [-0.2, 0) is 9.59 Å². The highest BCUT2D eigenvalue weighted by molar-refractivity contribution is 5.78. The van der Waals surface area contributed by atoms with Crippen molar-refractivity contribution in [2.24, 2.45) is 11.8 Å². The van der Waals surface area contributed by atoms with E-state index in [-0.39, 0.29) is 17.7 Å². The van der Waals surface area contributed by atoms with E-state index in [1.807, 2.05) is 6.92 Å². The number of carbonyl (C=O) groups is 2. The predicted octanol–water partition coefficient (Wildman–Crippen LogP) is 3.87. The summed E-state index contributed by atoms with van der Waals surface area (Å²) >= 11 is 0. The molecule has 1 aliphatic rings. The summed E-state index contributed by atoms with van der Waals surface area (Å²) in [7, 11) is 0. The van der Waals surface area contributed by atoms with Crippen LogP contribution in [0, 0.1) is 11.8 Å². The zero-order chi connectivity index (χ0) is 17.9. The first-order valence-electron chi connectivity index (χ1n) is 8.88. The fourth-order valence-electron chi connectivity index (χ4n) is 3.45. The third-order valence-electron chi connectivity index (χ3n) is 5.01. The number of amides is 1. The summed E-state index contributed by atoms with van der Waals surface area (Å²) in [5.74, 6) is -0.286. The maximum absolute atomic E-state index is 12.6. The molecule has 3 unspecified atom stereocenters. The zero-order valence-corrected chi connectivity index (χ0v) is 15.2. The highest BCUT2D eigenvalue weighted by Crippen LogP contribution is 2.26. The molecule has 1 N–H and O–H groups in total. The van der Waals surface area contributed by atoms with Crippen LogP contribution in [0.2, 0.25) is 0 Å². The summed E-state index contributed by atoms with van der Waals surface area (Å²) in [6.07, 6.45) is 1.09. The number of hydrogen-bond donors (Lipinski definition) is 1. The number of nitrogens with zero attached hydrogens (tertiary/aromatic N) is 1. The quantitative estimate of drug-likeness (QED) is 0.891. The van der Waals surface area contributed by atoms with Crippen molar-refractivity contribution in [1.29, 1.82) is 0 Å². The van der Waals surface area contributed by atoms with Crippen LogP contribution < -0.4 is 0 Å². The minimum absolute atomic E-state index is 0.0632. The summed E-state index contributed by atoms with van der Waals surface area (Å²) in [6.45, 7) is 9.42. The number of carbonyl (C=O) groups excluding carboxylic acids is 1. The van der Waals surface area contributed by atoms with Gasteiger partial charge < -0.3 is 10.0 Å². The van der Waals surface area contributed by atoms with E-state index in [9.17, 15) is 14.7 Å². The lowest BCUT2D eigenvalue weighted by Crippen LogP contribution is -2.45. The number of carboxylic acid groups (broad SMARTS) is 1. The first-order chi connectivity index (χ1) is 11.3. The van der Waals surface area contributed by atoms with E-state index in [0.29, 0.717) is 31.8 Å². The maximum atomic E-state index is 12.6. The fourth-order valence-corrected chi connectivity index (χ4v) is 3.45. The van der Waals surface area contributed by atoms with Gasteiger partial charge in [-0.2, -0.15) is 0 Å². The van der Waals surface area contributed by atoms with Crippen molar-refractivity contribution in [2.45, 2.75) is 52.4 Å². The third kappa shape index (κ3) is 4.59. The van der Waals surface area contributed by atoms with Crippen molar-refractivity contribution in [1.82, 2.24) is 4.90 Å². The van der Waals surface area contributed by atoms with Crippen LogP contribution >= 0.6 is 0 Å². The van der Waals surface area contributed by atoms with E-state index in [0.717, 1.165) is 5.56 Å². The van der Waals surface area contributed by atoms with Crippen LogP contribution in [0.3, 0.4) is 0 Å². The Labute approximate surface area is 144 Å². The Bertz CT molecular complexity index is 579. The molecule has 2 rings (SSSR count). The van der Waals surface area contributed by atoms with Gasteiger partial charge in [-0.15, -0.1) is 0 Å². The van der Waals surface area contributed by atoms with Gasteiger partial charge in [0.05, 0.1) is 5.92 Å². The average molecular weight is 331 g/mol. The summed E-state index contributed by atoms with van der Waals surface area (Å²) in [5.41, 5.74) is 2.46. The van der Waals surface area contributed by atoms with Gasteiger partial charge in [-0.05, 0) is 35.3 Å². The van der Waals surface area contributed by atoms with Gasteiger partial charge in [0.2, 0.25) is 5.91 Å². The number of piperidine rings is 1. The van der Waals surface area contributed by atoms with E-state index >= 15 is 0 Å². The molecule has 1 aromatic rings. The van der Waals surface area contributed by atoms with Crippen LogP contribution in [0.4, 0.5) is 0 Å². The van der Waals surface area contributed by atoms with Gasteiger partial charge in [0, 0.05) is 19.5 Å². The molecular formula is C20H29NO3. The van der Waals surface area contributed by atoms with E-state index in [1.165, 1.54) is 5.56 Å². The van der Waals surface area contributed by atoms with E-state index in [2.05, 4.69) is 45.0 Å². The Kier molecular flexibility index (Phi) is 6.03. The SMILES string of the molecule is CC1CC(C(=O)O)CN(C(=O)CC(C)c2ccc(C(C)C)cc2)C1. The van der Waals surface area contributed by atoms with Crippen molar-refractivity contribution in [3.05, 3.63) is 35.4 Å². The van der Waals surface area contributed by atoms with Gasteiger partial charge in [-0.1, -0.05) is 52.0 Å². The molecule has 0 aliphatic carbocycles. The van der Waals surface area contributed by atoms with Crippen molar-refractivity contribution in [3.63, 3.8) is 0 Å². The van der Waals surface area contributed by atoms with Gasteiger partial charge in [0.1, 0.15) is 0 Å². The number of benzene rings is 1. The monoisotopic (exact) mass is 331 g/mol. The van der Waals surface area contributed by atoms with Crippen molar-refractivity contribution in [3.8, 4) is 0 Å². The van der Waals surface area contributed by atoms with Gasteiger partial charge in [-0.25, -0.2) is 0 Å². The van der Waals surface area contributed by atoms with Crippen molar-refractivity contribution < 1.29 is 14.7 Å². The van der Waals surface area contributed by atoms with Crippen LogP contribution in [0.1, 0.15) is 63.5 Å². The predicted molar refractivity (Wildman–Crippen MR) is 95.0 cm³/mol. The molecule has 4 heteroatoms. The molecule has 1 heterocycles. The van der Waals surface area contributed by atoms with Crippen molar-refractivity contribution in [2.75, 3.05) is 13.1 Å². The van der Waals surface area contributed by atoms with Crippen LogP contribution in [0.25, 0.3) is 0 Å². The lowest BCUT2D eigenvalue weighted by molar-refractivity contribution is -0.147. The molecule has 1 fully saturated rings. The molecule has 1 saturated heterocycles. The van der Waals surface area contributed by atoms with Crippen LogP contribution in [0.5, 0.6) is 0 Å². The van der Waals surface area contributed by atoms with Gasteiger partial charge >= 0.3 is 5.97 Å². The second-order valence-electron chi connectivity index (χ2n) is 7.60. The Morgan fingerprint density at radius 1 is 1.12 bits per heavy atom. The molecule has 1 aliphatic heterocycles. The Morgan fingerprint density at radius 3 is 2.25 bits per heavy atom. The topological polar surface area (TPSA) is 57.6 Å². The molecule has 0 saturated carbocycles. The molecule has 132 valence electrons. The Morgan fingerprint density at radius 2 is 1.71 bits per heavy atom. The number of likely N-dealkylation sites (tertiary alicyclic amines) is 1. The highest BCUT2D eigenvalue weighted by Gasteiger charge is 2.32. The second-order valence-corrected chi connectivity index (χ2v) is 7.60. The smallest absolute Gasteiger partial charge is 0.308 e. The highest BCUT2D eigenvalue weighted by atomic mass is 16.4. The Hall–Kier alpha value is -1.84. The number of aliphatic carboxylic acids is 1. The lowest BCUT2D eigenvalue weighted by Gasteiger charge is -2.35. The summed E-state index contributed by atoms with van der Waals surface area (Å²) < 4.78 is 0. The van der Waals surface area contributed by atoms with E-state index in [1.54, 1.807) is 4.90 Å². The molecule has 0 bridgehead atoms. The molecule has 1 aromatic carbocycles. The summed E-state index contributed by atoms with van der Waals surface area (Å²) in [4.78, 5) is 25.6. The summed E-state index contributed by atoms with van der Waals surface area (Å²) in [5, 5.41) is 9.25. The molecule has 4 nitrogen and oxygen atoms in total. The summed E-state index contributed by atoms with van der Waals surface area (Å²) in [6, 6.07) is 8.47. The minimum atomic E-state index is -0.795. The minimum Gasteiger partial charge on any atom is -0.481 e. The zero-order valence-electron chi connectivity index (χ0n) is 15.2. The van der Waals surface area contributed by atoms with Crippen molar-refractivity contribution >= 4 is 11.9 Å². The number of carboxylic acids is 1. The molecule has 3 atom stereocenters. The molecular weight excluding hydrogens is 302 g/mol.